The molecule has 1 aliphatic rings. The zero-order valence-electron chi connectivity index (χ0n) is 20.9. The van der Waals surface area contributed by atoms with Crippen LogP contribution in [0, 0.1) is 0 Å². The van der Waals surface area contributed by atoms with Gasteiger partial charge in [-0.15, -0.1) is 0 Å². The molecule has 0 bridgehead atoms. The lowest BCUT2D eigenvalue weighted by molar-refractivity contribution is 0.371. The van der Waals surface area contributed by atoms with Crippen molar-refractivity contribution in [3.63, 3.8) is 0 Å². The molecule has 1 aromatic carbocycles. The average Bonchev–Trinajstić information content (AvgIpc) is 3.70. The maximum atomic E-state index is 5.03. The molecule has 5 aromatic rings. The van der Waals surface area contributed by atoms with Gasteiger partial charge in [-0.25, -0.2) is 9.97 Å². The zero-order chi connectivity index (χ0) is 25.2. The van der Waals surface area contributed by atoms with E-state index in [0.29, 0.717) is 11.5 Å². The summed E-state index contributed by atoms with van der Waals surface area (Å²) in [6.45, 7) is 9.32. The van der Waals surface area contributed by atoms with E-state index in [1.54, 1.807) is 12.4 Å². The summed E-state index contributed by atoms with van der Waals surface area (Å²) in [6, 6.07) is 14.2. The Labute approximate surface area is 215 Å². The fourth-order valence-corrected chi connectivity index (χ4v) is 5.01. The Hall–Kier alpha value is -4.36. The lowest BCUT2D eigenvalue weighted by Gasteiger charge is -2.15. The minimum absolute atomic E-state index is 0.686. The molecule has 0 saturated carbocycles. The summed E-state index contributed by atoms with van der Waals surface area (Å²) < 4.78 is 0. The minimum atomic E-state index is 0.686. The number of rotatable bonds is 7. The number of nitrogens with zero attached hydrogens (tertiary/aromatic N) is 5. The second-order valence-electron chi connectivity index (χ2n) is 9.34. The van der Waals surface area contributed by atoms with Gasteiger partial charge in [-0.3, -0.25) is 15.0 Å². The predicted octanol–water partition coefficient (Wildman–Crippen LogP) is 6.17. The summed E-state index contributed by atoms with van der Waals surface area (Å²) in [4.78, 5) is 20.1. The van der Waals surface area contributed by atoms with Gasteiger partial charge in [0.15, 0.2) is 11.5 Å². The number of pyridine rings is 2. The van der Waals surface area contributed by atoms with Crippen LogP contribution < -0.4 is 0 Å². The summed E-state index contributed by atoms with van der Waals surface area (Å²) in [7, 11) is 0. The van der Waals surface area contributed by atoms with Gasteiger partial charge in [-0.2, -0.15) is 5.10 Å². The largest absolute Gasteiger partial charge is 0.336 e. The Kier molecular flexibility index (Phi) is 6.20. The van der Waals surface area contributed by atoms with Gasteiger partial charge in [-0.05, 0) is 86.0 Å². The van der Waals surface area contributed by atoms with E-state index in [0.717, 1.165) is 64.1 Å². The van der Waals surface area contributed by atoms with Gasteiger partial charge >= 0.3 is 0 Å². The van der Waals surface area contributed by atoms with E-state index in [2.05, 4.69) is 49.9 Å². The van der Waals surface area contributed by atoms with Gasteiger partial charge in [-0.1, -0.05) is 30.9 Å². The predicted molar refractivity (Wildman–Crippen MR) is 150 cm³/mol. The molecule has 7 nitrogen and oxygen atoms in total. The molecular formula is C30H29N7. The van der Waals surface area contributed by atoms with Crippen LogP contribution in [0.25, 0.3) is 50.3 Å². The molecule has 37 heavy (non-hydrogen) atoms. The average molecular weight is 488 g/mol. The van der Waals surface area contributed by atoms with Crippen LogP contribution in [0.2, 0.25) is 0 Å². The van der Waals surface area contributed by atoms with Gasteiger partial charge in [0.1, 0.15) is 5.52 Å². The highest BCUT2D eigenvalue weighted by atomic mass is 15.2. The van der Waals surface area contributed by atoms with Crippen molar-refractivity contribution < 1.29 is 0 Å². The van der Waals surface area contributed by atoms with Crippen LogP contribution in [-0.4, -0.2) is 54.7 Å². The van der Waals surface area contributed by atoms with E-state index in [-0.39, 0.29) is 0 Å². The van der Waals surface area contributed by atoms with E-state index >= 15 is 0 Å². The van der Waals surface area contributed by atoms with E-state index in [4.69, 9.17) is 9.97 Å². The number of para-hydroxylation sites is 1. The lowest BCUT2D eigenvalue weighted by atomic mass is 10.1. The highest BCUT2D eigenvalue weighted by molar-refractivity contribution is 5.96. The smallest absolute Gasteiger partial charge is 0.161 e. The van der Waals surface area contributed by atoms with E-state index in [1.807, 2.05) is 49.4 Å². The maximum Gasteiger partial charge on any atom is 0.161 e. The van der Waals surface area contributed by atoms with Crippen LogP contribution in [0.5, 0.6) is 0 Å². The topological polar surface area (TPSA) is 86.4 Å². The standard InChI is InChI=1S/C30H29N7/c1-3-20(19-37-16-5-6-17-37)18-21(4-2)24-10-11-26-28(32-24)29(36-35-26)30-33-25-9-7-8-23(27(25)34-30)22-12-14-31-15-13-22/h3-4,7-15,18H,1,5-6,16-17,19H2,2H3,(H,33,34)(H,35,36)/b20-18+,21-4+. The third kappa shape index (κ3) is 4.49. The molecule has 0 radical (unpaired) electrons. The molecule has 0 unspecified atom stereocenters. The molecule has 184 valence electrons. The first-order valence-corrected chi connectivity index (χ1v) is 12.7. The fraction of sp³-hybridized carbons (Fsp3) is 0.200. The van der Waals surface area contributed by atoms with Crippen LogP contribution in [0.1, 0.15) is 25.5 Å². The van der Waals surface area contributed by atoms with Crippen LogP contribution in [0.3, 0.4) is 0 Å². The summed E-state index contributed by atoms with van der Waals surface area (Å²) >= 11 is 0. The first-order valence-electron chi connectivity index (χ1n) is 12.7. The third-order valence-electron chi connectivity index (χ3n) is 6.95. The molecule has 0 spiro atoms. The van der Waals surface area contributed by atoms with Crippen LogP contribution >= 0.6 is 0 Å². The van der Waals surface area contributed by atoms with Crippen molar-refractivity contribution in [3.8, 4) is 22.6 Å². The molecule has 1 saturated heterocycles. The SMILES string of the molecule is C=C/C(=C\C(=C/C)c1ccc2[nH]nc(-c3nc4c(-c5ccncc5)cccc4[nH]3)c2n1)CN1CCCC1. The van der Waals surface area contributed by atoms with Crippen molar-refractivity contribution >= 4 is 27.6 Å². The van der Waals surface area contributed by atoms with Crippen molar-refractivity contribution in [2.75, 3.05) is 19.6 Å². The normalized spacial score (nSPS) is 15.2. The molecule has 6 rings (SSSR count). The van der Waals surface area contributed by atoms with E-state index in [9.17, 15) is 0 Å². The minimum Gasteiger partial charge on any atom is -0.336 e. The highest BCUT2D eigenvalue weighted by Crippen LogP contribution is 2.31. The summed E-state index contributed by atoms with van der Waals surface area (Å²) in [5, 5.41) is 7.71. The van der Waals surface area contributed by atoms with Crippen LogP contribution in [-0.2, 0) is 0 Å². The monoisotopic (exact) mass is 487 g/mol. The van der Waals surface area contributed by atoms with Gasteiger partial charge in [0.05, 0.1) is 22.2 Å². The van der Waals surface area contributed by atoms with Crippen molar-refractivity contribution in [3.05, 3.63) is 90.9 Å². The quantitative estimate of drug-likeness (QED) is 0.268. The maximum absolute atomic E-state index is 5.03. The number of hydrogen-bond acceptors (Lipinski definition) is 5. The van der Waals surface area contributed by atoms with E-state index < -0.39 is 0 Å². The number of allylic oxidation sites excluding steroid dienone is 3. The Morgan fingerprint density at radius 3 is 2.62 bits per heavy atom. The number of fused-ring (bicyclic) bond motifs is 2. The van der Waals surface area contributed by atoms with Gasteiger partial charge in [0.25, 0.3) is 0 Å². The van der Waals surface area contributed by atoms with Crippen molar-refractivity contribution in [2.24, 2.45) is 0 Å². The van der Waals surface area contributed by atoms with E-state index in [1.165, 1.54) is 18.4 Å². The Balaban J connectivity index is 1.38. The first kappa shape index (κ1) is 23.1. The molecule has 0 atom stereocenters. The number of nitrogens with one attached hydrogen (secondary N) is 2. The number of aromatic amines is 2. The fourth-order valence-electron chi connectivity index (χ4n) is 5.01. The lowest BCUT2D eigenvalue weighted by Crippen LogP contribution is -2.21. The number of H-pyrrole nitrogens is 2. The molecule has 1 fully saturated rings. The molecule has 5 heterocycles. The second kappa shape index (κ2) is 9.95. The summed E-state index contributed by atoms with van der Waals surface area (Å²) in [5.41, 5.74) is 9.48. The molecule has 1 aliphatic heterocycles. The molecule has 0 amide bonds. The Morgan fingerprint density at radius 2 is 1.84 bits per heavy atom. The number of likely N-dealkylation sites (tertiary alicyclic amines) is 1. The van der Waals surface area contributed by atoms with Crippen molar-refractivity contribution in [2.45, 2.75) is 19.8 Å². The molecular weight excluding hydrogens is 458 g/mol. The Bertz CT molecular complexity index is 1630. The van der Waals surface area contributed by atoms with Crippen molar-refractivity contribution in [1.29, 1.82) is 0 Å². The number of benzene rings is 1. The highest BCUT2D eigenvalue weighted by Gasteiger charge is 2.17. The first-order chi connectivity index (χ1) is 18.2. The molecule has 7 heteroatoms. The number of hydrogen-bond donors (Lipinski definition) is 2. The number of aromatic nitrogens is 6. The number of imidazole rings is 1. The van der Waals surface area contributed by atoms with Crippen LogP contribution in [0.15, 0.2) is 85.2 Å². The zero-order valence-corrected chi connectivity index (χ0v) is 20.9. The Morgan fingerprint density at radius 1 is 1.00 bits per heavy atom. The third-order valence-corrected chi connectivity index (χ3v) is 6.95. The van der Waals surface area contributed by atoms with Gasteiger partial charge < -0.3 is 4.98 Å². The van der Waals surface area contributed by atoms with Gasteiger partial charge in [0.2, 0.25) is 0 Å². The molecule has 0 aliphatic carbocycles. The van der Waals surface area contributed by atoms with Crippen molar-refractivity contribution in [1.82, 2.24) is 35.0 Å². The molecule has 2 N–H and O–H groups in total. The summed E-state index contributed by atoms with van der Waals surface area (Å²) in [5.74, 6) is 0.686. The molecule has 4 aromatic heterocycles. The second-order valence-corrected chi connectivity index (χ2v) is 9.34. The summed E-state index contributed by atoms with van der Waals surface area (Å²) in [6.07, 6.45) is 12.4. The van der Waals surface area contributed by atoms with Gasteiger partial charge in [0, 0.05) is 24.5 Å². The van der Waals surface area contributed by atoms with Crippen LogP contribution in [0.4, 0.5) is 0 Å².